The molecule has 2 unspecified atom stereocenters. The smallest absolute Gasteiger partial charge is 0.341 e. The number of aromatic carboxylic acids is 1. The molecule has 1 amide bonds. The summed E-state index contributed by atoms with van der Waals surface area (Å²) in [4.78, 5) is 21.0. The molecule has 2 atom stereocenters. The number of rotatable bonds is 4. The van der Waals surface area contributed by atoms with E-state index in [1.54, 1.807) is 0 Å². The monoisotopic (exact) mass is 297 g/mol. The van der Waals surface area contributed by atoms with E-state index in [2.05, 4.69) is 5.73 Å². The number of primary amides is 1. The standard InChI is InChI=1S/C10H7F4NO5/c11-3-1(7(16)8(17)9(15)18)4(12)6(14)2(5(3)13)10(19)20/h7-8,16-17H,(H2,15,18)(H,19,20). The summed E-state index contributed by atoms with van der Waals surface area (Å²) >= 11 is 0. The van der Waals surface area contributed by atoms with Gasteiger partial charge in [-0.05, 0) is 0 Å². The molecular formula is C10H7F4NO5. The first kappa shape index (κ1) is 15.9. The number of benzene rings is 1. The Morgan fingerprint density at radius 2 is 1.35 bits per heavy atom. The summed E-state index contributed by atoms with van der Waals surface area (Å²) in [7, 11) is 0. The number of carboxylic acid groups (broad SMARTS) is 1. The van der Waals surface area contributed by atoms with Gasteiger partial charge in [-0.3, -0.25) is 4.79 Å². The first-order chi connectivity index (χ1) is 9.11. The summed E-state index contributed by atoms with van der Waals surface area (Å²) in [6, 6.07) is 0. The van der Waals surface area contributed by atoms with E-state index in [0.717, 1.165) is 0 Å². The molecule has 110 valence electrons. The minimum Gasteiger partial charge on any atom is -0.477 e. The summed E-state index contributed by atoms with van der Waals surface area (Å²) < 4.78 is 53.6. The van der Waals surface area contributed by atoms with Crippen molar-refractivity contribution in [3.63, 3.8) is 0 Å². The lowest BCUT2D eigenvalue weighted by Crippen LogP contribution is -2.35. The lowest BCUT2D eigenvalue weighted by molar-refractivity contribution is -0.132. The van der Waals surface area contributed by atoms with Crippen molar-refractivity contribution in [3.8, 4) is 0 Å². The van der Waals surface area contributed by atoms with Gasteiger partial charge in [0.05, 0.1) is 5.56 Å². The van der Waals surface area contributed by atoms with E-state index in [1.165, 1.54) is 0 Å². The molecule has 1 aromatic carbocycles. The van der Waals surface area contributed by atoms with E-state index in [-0.39, 0.29) is 0 Å². The number of carbonyl (C=O) groups is 2. The Hall–Kier alpha value is -2.20. The van der Waals surface area contributed by atoms with E-state index < -0.39 is 58.5 Å². The number of carbonyl (C=O) groups excluding carboxylic acids is 1. The van der Waals surface area contributed by atoms with Gasteiger partial charge in [-0.25, -0.2) is 22.4 Å². The Balaban J connectivity index is 3.59. The number of carboxylic acids is 1. The molecule has 0 saturated carbocycles. The van der Waals surface area contributed by atoms with E-state index in [4.69, 9.17) is 10.2 Å². The molecule has 1 rings (SSSR count). The van der Waals surface area contributed by atoms with Crippen molar-refractivity contribution in [2.75, 3.05) is 0 Å². The number of aliphatic hydroxyl groups excluding tert-OH is 2. The summed E-state index contributed by atoms with van der Waals surface area (Å²) in [5.74, 6) is -13.0. The van der Waals surface area contributed by atoms with E-state index in [0.29, 0.717) is 0 Å². The summed E-state index contributed by atoms with van der Waals surface area (Å²) in [6.45, 7) is 0. The average molecular weight is 297 g/mol. The van der Waals surface area contributed by atoms with Crippen LogP contribution in [0.15, 0.2) is 0 Å². The Morgan fingerprint density at radius 3 is 1.65 bits per heavy atom. The highest BCUT2D eigenvalue weighted by molar-refractivity contribution is 5.88. The molecule has 0 radical (unpaired) electrons. The molecule has 0 aromatic heterocycles. The van der Waals surface area contributed by atoms with Crippen molar-refractivity contribution in [2.45, 2.75) is 12.2 Å². The van der Waals surface area contributed by atoms with Crippen LogP contribution in [0.2, 0.25) is 0 Å². The highest BCUT2D eigenvalue weighted by atomic mass is 19.2. The molecule has 0 fully saturated rings. The zero-order valence-corrected chi connectivity index (χ0v) is 9.40. The van der Waals surface area contributed by atoms with Crippen LogP contribution in [0.3, 0.4) is 0 Å². The quantitative estimate of drug-likeness (QED) is 0.454. The molecule has 1 aromatic rings. The average Bonchev–Trinajstić information content (AvgIpc) is 2.35. The fourth-order valence-electron chi connectivity index (χ4n) is 1.41. The van der Waals surface area contributed by atoms with Gasteiger partial charge in [-0.2, -0.15) is 0 Å². The number of hydrogen-bond acceptors (Lipinski definition) is 4. The Kier molecular flexibility index (Phi) is 4.30. The third kappa shape index (κ3) is 2.42. The normalized spacial score (nSPS) is 13.9. The molecule has 0 bridgehead atoms. The number of nitrogens with two attached hydrogens (primary N) is 1. The molecule has 0 aliphatic heterocycles. The second kappa shape index (κ2) is 5.43. The Labute approximate surface area is 108 Å². The fraction of sp³-hybridized carbons (Fsp3) is 0.200. The van der Waals surface area contributed by atoms with Crippen LogP contribution in [0.25, 0.3) is 0 Å². The van der Waals surface area contributed by atoms with Gasteiger partial charge in [0.15, 0.2) is 29.4 Å². The summed E-state index contributed by atoms with van der Waals surface area (Å²) in [5.41, 5.74) is 0.901. The fourth-order valence-corrected chi connectivity index (χ4v) is 1.41. The van der Waals surface area contributed by atoms with E-state index >= 15 is 0 Å². The maximum Gasteiger partial charge on any atom is 0.341 e. The minimum absolute atomic E-state index is 1.61. The Bertz CT molecular complexity index is 562. The molecule has 5 N–H and O–H groups in total. The largest absolute Gasteiger partial charge is 0.477 e. The van der Waals surface area contributed by atoms with Crippen LogP contribution in [0, 0.1) is 23.3 Å². The van der Waals surface area contributed by atoms with E-state index in [1.807, 2.05) is 0 Å². The van der Waals surface area contributed by atoms with Crippen LogP contribution in [-0.2, 0) is 4.79 Å². The van der Waals surface area contributed by atoms with Crippen molar-refractivity contribution < 1.29 is 42.5 Å². The molecule has 0 aliphatic rings. The van der Waals surface area contributed by atoms with Gasteiger partial charge < -0.3 is 21.1 Å². The third-order valence-electron chi connectivity index (χ3n) is 2.40. The Morgan fingerprint density at radius 1 is 0.950 bits per heavy atom. The van der Waals surface area contributed by atoms with Crippen molar-refractivity contribution in [3.05, 3.63) is 34.4 Å². The molecule has 0 spiro atoms. The van der Waals surface area contributed by atoms with Crippen molar-refractivity contribution in [2.24, 2.45) is 5.73 Å². The zero-order valence-electron chi connectivity index (χ0n) is 9.40. The number of hydrogen-bond donors (Lipinski definition) is 4. The van der Waals surface area contributed by atoms with E-state index in [9.17, 15) is 32.3 Å². The van der Waals surface area contributed by atoms with Crippen LogP contribution < -0.4 is 5.73 Å². The second-order valence-electron chi connectivity index (χ2n) is 3.64. The van der Waals surface area contributed by atoms with Gasteiger partial charge >= 0.3 is 5.97 Å². The van der Waals surface area contributed by atoms with Crippen molar-refractivity contribution in [1.82, 2.24) is 0 Å². The molecule has 20 heavy (non-hydrogen) atoms. The van der Waals surface area contributed by atoms with Crippen molar-refractivity contribution in [1.29, 1.82) is 0 Å². The first-order valence-corrected chi connectivity index (χ1v) is 4.85. The lowest BCUT2D eigenvalue weighted by atomic mass is 9.99. The predicted octanol–water partition coefficient (Wildman–Crippen LogP) is -0.179. The topological polar surface area (TPSA) is 121 Å². The highest BCUT2D eigenvalue weighted by Crippen LogP contribution is 2.30. The number of amides is 1. The van der Waals surface area contributed by atoms with Crippen LogP contribution in [0.4, 0.5) is 17.6 Å². The van der Waals surface area contributed by atoms with Gasteiger partial charge in [0.25, 0.3) is 0 Å². The van der Waals surface area contributed by atoms with Crippen LogP contribution in [-0.4, -0.2) is 33.3 Å². The van der Waals surface area contributed by atoms with Crippen LogP contribution >= 0.6 is 0 Å². The summed E-state index contributed by atoms with van der Waals surface area (Å²) in [6.07, 6.45) is -5.26. The van der Waals surface area contributed by atoms with Gasteiger partial charge in [0, 0.05) is 0 Å². The first-order valence-electron chi connectivity index (χ1n) is 4.85. The molecule has 0 aliphatic carbocycles. The third-order valence-corrected chi connectivity index (χ3v) is 2.40. The number of halogens is 4. The molecule has 10 heteroatoms. The highest BCUT2D eigenvalue weighted by Gasteiger charge is 2.36. The van der Waals surface area contributed by atoms with Crippen LogP contribution in [0.5, 0.6) is 0 Å². The second-order valence-corrected chi connectivity index (χ2v) is 3.64. The SMILES string of the molecule is NC(=O)C(O)C(O)c1c(F)c(F)c(C(=O)O)c(F)c1F. The minimum atomic E-state index is -2.71. The van der Waals surface area contributed by atoms with Crippen molar-refractivity contribution >= 4 is 11.9 Å². The van der Waals surface area contributed by atoms with Gasteiger partial charge in [0.2, 0.25) is 5.91 Å². The van der Waals surface area contributed by atoms with Gasteiger partial charge in [-0.1, -0.05) is 0 Å². The molecular weight excluding hydrogens is 290 g/mol. The maximum absolute atomic E-state index is 13.5. The molecule has 0 heterocycles. The number of aliphatic hydroxyl groups is 2. The molecule has 6 nitrogen and oxygen atoms in total. The van der Waals surface area contributed by atoms with Gasteiger partial charge in [0.1, 0.15) is 11.7 Å². The summed E-state index contributed by atoms with van der Waals surface area (Å²) in [5, 5.41) is 26.7. The molecule has 0 saturated heterocycles. The zero-order chi connectivity index (χ0) is 15.8. The lowest BCUT2D eigenvalue weighted by Gasteiger charge is -2.18. The van der Waals surface area contributed by atoms with Gasteiger partial charge in [-0.15, -0.1) is 0 Å². The maximum atomic E-state index is 13.5. The van der Waals surface area contributed by atoms with Crippen LogP contribution in [0.1, 0.15) is 22.0 Å². The predicted molar refractivity (Wildman–Crippen MR) is 53.4 cm³/mol.